The number of halogens is 1. The number of ether oxygens (including phenoxy) is 1. The second kappa shape index (κ2) is 7.69. The monoisotopic (exact) mass is 399 g/mol. The summed E-state index contributed by atoms with van der Waals surface area (Å²) >= 11 is 6.34. The van der Waals surface area contributed by atoms with Crippen LogP contribution in [0.15, 0.2) is 36.5 Å². The van der Waals surface area contributed by atoms with Crippen molar-refractivity contribution < 1.29 is 9.84 Å². The molecule has 0 atom stereocenters. The van der Waals surface area contributed by atoms with Gasteiger partial charge in [-0.25, -0.2) is 9.97 Å². The molecule has 0 fully saturated rings. The molecule has 0 bridgehead atoms. The molecule has 0 spiro atoms. The highest BCUT2D eigenvalue weighted by molar-refractivity contribution is 6.34. The van der Waals surface area contributed by atoms with Crippen LogP contribution >= 0.6 is 11.6 Å². The Morgan fingerprint density at radius 2 is 2.07 bits per heavy atom. The number of nitrogens with zero attached hydrogens (tertiary/aromatic N) is 3. The predicted octanol–water partition coefficient (Wildman–Crippen LogP) is 3.29. The van der Waals surface area contributed by atoms with Crippen molar-refractivity contribution >= 4 is 28.6 Å². The van der Waals surface area contributed by atoms with Gasteiger partial charge in [0.05, 0.1) is 22.9 Å². The molecule has 3 N–H and O–H groups in total. The Labute approximate surface area is 167 Å². The van der Waals surface area contributed by atoms with Gasteiger partial charge in [-0.1, -0.05) is 11.6 Å². The zero-order valence-electron chi connectivity index (χ0n) is 16.0. The smallest absolute Gasteiger partial charge is 0.166 e. The summed E-state index contributed by atoms with van der Waals surface area (Å²) in [7, 11) is 0. The van der Waals surface area contributed by atoms with Crippen molar-refractivity contribution in [2.45, 2.75) is 32.8 Å². The van der Waals surface area contributed by atoms with E-state index in [4.69, 9.17) is 27.2 Å². The lowest BCUT2D eigenvalue weighted by Gasteiger charge is -2.18. The van der Waals surface area contributed by atoms with Crippen LogP contribution in [0.4, 0.5) is 0 Å². The van der Waals surface area contributed by atoms with Crippen LogP contribution in [0.1, 0.15) is 31.5 Å². The molecule has 2 heterocycles. The van der Waals surface area contributed by atoms with E-state index in [1.165, 1.54) is 4.57 Å². The fourth-order valence-corrected chi connectivity index (χ4v) is 2.89. The average Bonchev–Trinajstić information content (AvgIpc) is 2.62. The molecule has 1 aromatic carbocycles. The summed E-state index contributed by atoms with van der Waals surface area (Å²) in [4.78, 5) is 8.66. The lowest BCUT2D eigenvalue weighted by Crippen LogP contribution is -2.31. The van der Waals surface area contributed by atoms with Gasteiger partial charge in [-0.2, -0.15) is 0 Å². The summed E-state index contributed by atoms with van der Waals surface area (Å²) in [5.41, 5.74) is 1.15. The maximum Gasteiger partial charge on any atom is 0.166 e. The Hall–Kier alpha value is -2.77. The van der Waals surface area contributed by atoms with Gasteiger partial charge in [-0.3, -0.25) is 15.4 Å². The van der Waals surface area contributed by atoms with E-state index in [9.17, 15) is 5.11 Å². The summed E-state index contributed by atoms with van der Waals surface area (Å²) in [5.74, 6) is 0.542. The van der Waals surface area contributed by atoms with Crippen molar-refractivity contribution in [1.82, 2.24) is 14.5 Å². The van der Waals surface area contributed by atoms with Crippen molar-refractivity contribution in [3.05, 3.63) is 58.3 Å². The van der Waals surface area contributed by atoms with E-state index in [-0.39, 0.29) is 11.3 Å². The lowest BCUT2D eigenvalue weighted by molar-refractivity contribution is 0.0553. The topological polar surface area (TPSA) is 108 Å². The molecule has 146 valence electrons. The molecular formula is C20H22ClN5O2. The zero-order chi connectivity index (χ0) is 20.5. The molecule has 0 saturated heterocycles. The molecular weight excluding hydrogens is 378 g/mol. The molecule has 0 aliphatic carbocycles. The number of benzene rings is 1. The molecule has 8 heteroatoms. The van der Waals surface area contributed by atoms with E-state index in [2.05, 4.69) is 9.97 Å². The predicted molar refractivity (Wildman–Crippen MR) is 108 cm³/mol. The molecule has 0 radical (unpaired) electrons. The maximum atomic E-state index is 9.82. The van der Waals surface area contributed by atoms with Gasteiger partial charge in [0.15, 0.2) is 11.1 Å². The molecule has 2 aromatic heterocycles. The Morgan fingerprint density at radius 1 is 1.32 bits per heavy atom. The third-order valence-corrected chi connectivity index (χ3v) is 4.56. The molecule has 0 unspecified atom stereocenters. The van der Waals surface area contributed by atoms with Gasteiger partial charge in [0, 0.05) is 18.2 Å². The Kier molecular flexibility index (Phi) is 5.49. The third kappa shape index (κ3) is 4.21. The summed E-state index contributed by atoms with van der Waals surface area (Å²) in [5, 5.41) is 27.3. The fraction of sp³-hybridized carbons (Fsp3) is 0.300. The van der Waals surface area contributed by atoms with Crippen LogP contribution < -0.4 is 10.2 Å². The van der Waals surface area contributed by atoms with E-state index < -0.39 is 5.60 Å². The molecule has 0 amide bonds. The number of hydrogen-bond donors (Lipinski definition) is 3. The van der Waals surface area contributed by atoms with E-state index in [0.29, 0.717) is 46.2 Å². The number of hydrogen-bond acceptors (Lipinski definition) is 6. The van der Waals surface area contributed by atoms with Crippen LogP contribution in [0.2, 0.25) is 5.02 Å². The Morgan fingerprint density at radius 3 is 2.79 bits per heavy atom. The number of pyridine rings is 1. The van der Waals surface area contributed by atoms with Crippen molar-refractivity contribution in [1.29, 1.82) is 10.8 Å². The van der Waals surface area contributed by atoms with E-state index in [1.807, 2.05) is 0 Å². The van der Waals surface area contributed by atoms with Gasteiger partial charge in [0.2, 0.25) is 0 Å². The van der Waals surface area contributed by atoms with E-state index in [1.54, 1.807) is 57.3 Å². The summed E-state index contributed by atoms with van der Waals surface area (Å²) in [6.45, 7) is 5.48. The third-order valence-electron chi connectivity index (χ3n) is 4.23. The first-order chi connectivity index (χ1) is 13.2. The molecule has 0 aliphatic heterocycles. The van der Waals surface area contributed by atoms with Crippen molar-refractivity contribution in [3.63, 3.8) is 0 Å². The minimum Gasteiger partial charge on any atom is -0.493 e. The highest BCUT2D eigenvalue weighted by atomic mass is 35.5. The van der Waals surface area contributed by atoms with Crippen molar-refractivity contribution in [3.8, 4) is 5.75 Å². The number of aliphatic hydroxyl groups is 1. The number of fused-ring (bicyclic) bond motifs is 1. The molecule has 0 aliphatic rings. The Bertz CT molecular complexity index is 1100. The van der Waals surface area contributed by atoms with Crippen LogP contribution in [0.3, 0.4) is 0 Å². The number of aromatic nitrogens is 3. The Balaban J connectivity index is 2.02. The van der Waals surface area contributed by atoms with Crippen LogP contribution in [-0.2, 0) is 0 Å². The van der Waals surface area contributed by atoms with Crippen LogP contribution in [0, 0.1) is 17.7 Å². The molecule has 28 heavy (non-hydrogen) atoms. The van der Waals surface area contributed by atoms with E-state index in [0.717, 1.165) is 0 Å². The summed E-state index contributed by atoms with van der Waals surface area (Å²) in [6, 6.07) is 8.57. The normalized spacial score (nSPS) is 11.6. The number of rotatable bonds is 5. The molecule has 0 saturated carbocycles. The SMILES string of the molecule is Cc1nc2cccnc2n(C(=N)c2cc(OCCC(C)(C)O)ccc2Cl)c1=N. The van der Waals surface area contributed by atoms with Crippen molar-refractivity contribution in [2.75, 3.05) is 6.61 Å². The summed E-state index contributed by atoms with van der Waals surface area (Å²) < 4.78 is 7.12. The van der Waals surface area contributed by atoms with Gasteiger partial charge >= 0.3 is 0 Å². The van der Waals surface area contributed by atoms with Crippen LogP contribution in [0.25, 0.3) is 11.2 Å². The van der Waals surface area contributed by atoms with Gasteiger partial charge in [0.25, 0.3) is 0 Å². The van der Waals surface area contributed by atoms with Crippen LogP contribution in [0.5, 0.6) is 5.75 Å². The first-order valence-electron chi connectivity index (χ1n) is 8.80. The highest BCUT2D eigenvalue weighted by Gasteiger charge is 2.17. The quantitative estimate of drug-likeness (QED) is 0.452. The zero-order valence-corrected chi connectivity index (χ0v) is 16.7. The maximum absolute atomic E-state index is 9.82. The van der Waals surface area contributed by atoms with Gasteiger partial charge in [-0.05, 0) is 51.1 Å². The highest BCUT2D eigenvalue weighted by Crippen LogP contribution is 2.24. The van der Waals surface area contributed by atoms with Gasteiger partial charge in [-0.15, -0.1) is 0 Å². The number of nitrogens with one attached hydrogen (secondary N) is 2. The number of aryl methyl sites for hydroxylation is 1. The van der Waals surface area contributed by atoms with Gasteiger partial charge in [0.1, 0.15) is 17.1 Å². The molecule has 3 aromatic rings. The average molecular weight is 400 g/mol. The van der Waals surface area contributed by atoms with Crippen molar-refractivity contribution in [2.24, 2.45) is 0 Å². The fourth-order valence-electron chi connectivity index (χ4n) is 2.68. The minimum absolute atomic E-state index is 0.0112. The van der Waals surface area contributed by atoms with Gasteiger partial charge < -0.3 is 9.84 Å². The molecule has 7 nitrogen and oxygen atoms in total. The largest absolute Gasteiger partial charge is 0.493 e. The second-order valence-electron chi connectivity index (χ2n) is 7.13. The first kappa shape index (κ1) is 20.0. The minimum atomic E-state index is -0.822. The molecule has 3 rings (SSSR count). The summed E-state index contributed by atoms with van der Waals surface area (Å²) in [6.07, 6.45) is 2.06. The first-order valence-corrected chi connectivity index (χ1v) is 9.18. The second-order valence-corrected chi connectivity index (χ2v) is 7.54. The standard InChI is InChI=1S/C20H22ClN5O2/c1-12-17(22)26(19-16(25-12)5-4-9-24-19)18(23)14-11-13(6-7-15(14)21)28-10-8-20(2,3)27/h4-7,9,11,22-23,27H,8,10H2,1-3H3. The van der Waals surface area contributed by atoms with Crippen LogP contribution in [-0.4, -0.2) is 37.7 Å². The lowest BCUT2D eigenvalue weighted by atomic mass is 10.1. The van der Waals surface area contributed by atoms with E-state index >= 15 is 0 Å².